The largest absolute Gasteiger partial charge is 0.489 e. The van der Waals surface area contributed by atoms with Gasteiger partial charge < -0.3 is 24.6 Å². The number of carbonyl (C=O) groups is 2. The fourth-order valence-corrected chi connectivity index (χ4v) is 4.34. The first-order valence-corrected chi connectivity index (χ1v) is 11.9. The molecule has 0 aliphatic heterocycles. The lowest BCUT2D eigenvalue weighted by atomic mass is 10.0. The summed E-state index contributed by atoms with van der Waals surface area (Å²) in [5.74, 6) is -1.06. The van der Waals surface area contributed by atoms with E-state index in [4.69, 9.17) is 22.2 Å². The van der Waals surface area contributed by atoms with Crippen molar-refractivity contribution in [2.75, 3.05) is 30.5 Å². The van der Waals surface area contributed by atoms with Crippen molar-refractivity contribution in [3.8, 4) is 11.8 Å². The molecule has 0 heterocycles. The standard InChI is InChI=1S/C26H26F4N4O3S/c1-24(2,14-35)34(23(38)33(4)17-6-5-16(13-31)19(11-17)26(28,29)30)18-7-8-21(20(27)12-18)37-15-25(9-10-25)22(36)32-3/h5-8,11-12,14H,9-10,15H2,1-4H3,(H,32,36). The SMILES string of the molecule is CNC(=O)C1(COc2ccc(N(C(=S)N(C)c3ccc(C#N)c(C(F)(F)F)c3)C(C)(C)C=O)cc2F)CC1. The van der Waals surface area contributed by atoms with Crippen molar-refractivity contribution < 1.29 is 31.9 Å². The summed E-state index contributed by atoms with van der Waals surface area (Å²) >= 11 is 5.55. The second-order valence-electron chi connectivity index (χ2n) is 9.55. The van der Waals surface area contributed by atoms with Crippen LogP contribution in [0.4, 0.5) is 28.9 Å². The molecule has 12 heteroatoms. The first kappa shape index (κ1) is 28.8. The van der Waals surface area contributed by atoms with Crippen molar-refractivity contribution in [2.45, 2.75) is 38.4 Å². The van der Waals surface area contributed by atoms with E-state index in [0.29, 0.717) is 19.1 Å². The molecule has 1 fully saturated rings. The van der Waals surface area contributed by atoms with Gasteiger partial charge in [-0.25, -0.2) is 4.39 Å². The van der Waals surface area contributed by atoms with E-state index in [9.17, 15) is 22.8 Å². The summed E-state index contributed by atoms with van der Waals surface area (Å²) in [6.07, 6.45) is -2.95. The van der Waals surface area contributed by atoms with Crippen molar-refractivity contribution in [3.05, 3.63) is 53.3 Å². The molecule has 0 spiro atoms. The minimum atomic E-state index is -4.78. The van der Waals surface area contributed by atoms with Crippen LogP contribution >= 0.6 is 12.2 Å². The molecule has 2 aromatic rings. The quantitative estimate of drug-likeness (QED) is 0.286. The number of nitrogens with zero attached hydrogens (tertiary/aromatic N) is 3. The first-order valence-electron chi connectivity index (χ1n) is 11.5. The summed E-state index contributed by atoms with van der Waals surface area (Å²) in [6.45, 7) is 3.03. The predicted molar refractivity (Wildman–Crippen MR) is 137 cm³/mol. The number of thiocarbonyl (C=S) groups is 1. The number of hydrogen-bond acceptors (Lipinski definition) is 5. The molecule has 0 unspecified atom stereocenters. The zero-order chi connectivity index (χ0) is 28.5. The van der Waals surface area contributed by atoms with Crippen LogP contribution in [0.2, 0.25) is 0 Å². The van der Waals surface area contributed by atoms with E-state index in [2.05, 4.69) is 5.32 Å². The number of aldehydes is 1. The molecule has 38 heavy (non-hydrogen) atoms. The minimum absolute atomic E-state index is 0.00609. The van der Waals surface area contributed by atoms with Crippen molar-refractivity contribution in [3.63, 3.8) is 0 Å². The fraction of sp³-hybridized carbons (Fsp3) is 0.385. The zero-order valence-corrected chi connectivity index (χ0v) is 22.0. The Labute approximate surface area is 223 Å². The Kier molecular flexibility index (Phi) is 8.02. The molecule has 1 aliphatic carbocycles. The van der Waals surface area contributed by atoms with Crippen LogP contribution in [0.25, 0.3) is 0 Å². The Morgan fingerprint density at radius 1 is 1.21 bits per heavy atom. The van der Waals surface area contributed by atoms with Gasteiger partial charge in [-0.15, -0.1) is 0 Å². The lowest BCUT2D eigenvalue weighted by molar-refractivity contribution is -0.137. The summed E-state index contributed by atoms with van der Waals surface area (Å²) in [6, 6.07) is 8.53. The normalized spacial score (nSPS) is 14.2. The second kappa shape index (κ2) is 10.6. The van der Waals surface area contributed by atoms with Crippen LogP contribution in [0.5, 0.6) is 5.75 Å². The zero-order valence-electron chi connectivity index (χ0n) is 21.1. The monoisotopic (exact) mass is 550 g/mol. The van der Waals surface area contributed by atoms with Crippen LogP contribution in [0.15, 0.2) is 36.4 Å². The number of hydrogen-bond donors (Lipinski definition) is 1. The highest BCUT2D eigenvalue weighted by Gasteiger charge is 2.50. The fourth-order valence-electron chi connectivity index (χ4n) is 3.89. The van der Waals surface area contributed by atoms with Crippen LogP contribution in [0.3, 0.4) is 0 Å². The maximum Gasteiger partial charge on any atom is 0.417 e. The molecule has 0 radical (unpaired) electrons. The Morgan fingerprint density at radius 2 is 1.84 bits per heavy atom. The Morgan fingerprint density at radius 3 is 2.34 bits per heavy atom. The molecule has 2 aromatic carbocycles. The number of anilines is 2. The predicted octanol–water partition coefficient (Wildman–Crippen LogP) is 4.83. The van der Waals surface area contributed by atoms with Gasteiger partial charge in [0.15, 0.2) is 16.7 Å². The second-order valence-corrected chi connectivity index (χ2v) is 9.92. The van der Waals surface area contributed by atoms with Gasteiger partial charge in [-0.3, -0.25) is 4.79 Å². The number of ether oxygens (including phenoxy) is 1. The third-order valence-electron chi connectivity index (χ3n) is 6.40. The van der Waals surface area contributed by atoms with Crippen molar-refractivity contribution >= 4 is 40.9 Å². The van der Waals surface area contributed by atoms with Gasteiger partial charge >= 0.3 is 6.18 Å². The average molecular weight is 551 g/mol. The molecule has 0 bridgehead atoms. The highest BCUT2D eigenvalue weighted by Crippen LogP contribution is 2.46. The smallest absolute Gasteiger partial charge is 0.417 e. The van der Waals surface area contributed by atoms with Gasteiger partial charge in [0.1, 0.15) is 12.9 Å². The number of alkyl halides is 3. The molecule has 1 amide bonds. The molecule has 1 aliphatic rings. The Balaban J connectivity index is 1.93. The summed E-state index contributed by atoms with van der Waals surface area (Å²) in [5.41, 5.74) is -3.53. The third-order valence-corrected chi connectivity index (χ3v) is 6.86. The number of benzene rings is 2. The molecular formula is C26H26F4N4O3S. The van der Waals surface area contributed by atoms with Crippen LogP contribution < -0.4 is 19.9 Å². The summed E-state index contributed by atoms with van der Waals surface area (Å²) in [4.78, 5) is 26.6. The Bertz CT molecular complexity index is 1300. The van der Waals surface area contributed by atoms with Gasteiger partial charge in [-0.05, 0) is 69.2 Å². The van der Waals surface area contributed by atoms with Crippen LogP contribution in [0.1, 0.15) is 37.8 Å². The van der Waals surface area contributed by atoms with Gasteiger partial charge in [-0.1, -0.05) is 0 Å². The van der Waals surface area contributed by atoms with Crippen molar-refractivity contribution in [2.24, 2.45) is 5.41 Å². The van der Waals surface area contributed by atoms with Gasteiger partial charge in [-0.2, -0.15) is 18.4 Å². The van der Waals surface area contributed by atoms with Crippen molar-refractivity contribution in [1.82, 2.24) is 5.32 Å². The molecule has 7 nitrogen and oxygen atoms in total. The topological polar surface area (TPSA) is 85.7 Å². The minimum Gasteiger partial charge on any atom is -0.489 e. The van der Waals surface area contributed by atoms with Crippen LogP contribution in [-0.4, -0.2) is 43.5 Å². The molecule has 3 rings (SSSR count). The summed E-state index contributed by atoms with van der Waals surface area (Å²) in [7, 11) is 2.92. The van der Waals surface area contributed by atoms with E-state index < -0.39 is 34.1 Å². The van der Waals surface area contributed by atoms with Gasteiger partial charge in [0.05, 0.1) is 28.2 Å². The molecule has 202 valence electrons. The highest BCUT2D eigenvalue weighted by molar-refractivity contribution is 7.80. The average Bonchev–Trinajstić information content (AvgIpc) is 3.67. The molecular weight excluding hydrogens is 524 g/mol. The molecule has 0 atom stereocenters. The molecule has 0 aromatic heterocycles. The van der Waals surface area contributed by atoms with E-state index in [1.165, 1.54) is 62.0 Å². The van der Waals surface area contributed by atoms with E-state index >= 15 is 4.39 Å². The number of amides is 1. The number of nitriles is 1. The summed E-state index contributed by atoms with van der Waals surface area (Å²) in [5, 5.41) is 11.5. The van der Waals surface area contributed by atoms with Crippen molar-refractivity contribution in [1.29, 1.82) is 5.26 Å². The highest BCUT2D eigenvalue weighted by atomic mass is 32.1. The van der Waals surface area contributed by atoms with E-state index in [1.807, 2.05) is 0 Å². The molecule has 1 N–H and O–H groups in total. The lowest BCUT2D eigenvalue weighted by Crippen LogP contribution is -2.54. The number of nitrogens with one attached hydrogen (secondary N) is 1. The summed E-state index contributed by atoms with van der Waals surface area (Å²) < 4.78 is 61.2. The molecule has 1 saturated carbocycles. The van der Waals surface area contributed by atoms with Gasteiger partial charge in [0.2, 0.25) is 5.91 Å². The van der Waals surface area contributed by atoms with E-state index in [1.54, 1.807) is 0 Å². The van der Waals surface area contributed by atoms with Gasteiger partial charge in [0, 0.05) is 31.5 Å². The Hall–Kier alpha value is -3.72. The number of carbonyl (C=O) groups excluding carboxylic acids is 2. The molecule has 0 saturated heterocycles. The van der Waals surface area contributed by atoms with Crippen LogP contribution in [0, 0.1) is 22.6 Å². The number of rotatable bonds is 8. The van der Waals surface area contributed by atoms with Crippen LogP contribution in [-0.2, 0) is 15.8 Å². The van der Waals surface area contributed by atoms with E-state index in [-0.39, 0.29) is 34.8 Å². The van der Waals surface area contributed by atoms with E-state index in [0.717, 1.165) is 18.2 Å². The maximum atomic E-state index is 15.1. The first-order chi connectivity index (χ1) is 17.7. The number of halogens is 4. The third kappa shape index (κ3) is 5.72. The maximum absolute atomic E-state index is 15.1. The van der Waals surface area contributed by atoms with Gasteiger partial charge in [0.25, 0.3) is 0 Å². The lowest BCUT2D eigenvalue weighted by Gasteiger charge is -2.39.